The number of benzene rings is 2. The van der Waals surface area contributed by atoms with Crippen LogP contribution < -0.4 is 0 Å². The van der Waals surface area contributed by atoms with Gasteiger partial charge in [-0.25, -0.2) is 0 Å². The van der Waals surface area contributed by atoms with Gasteiger partial charge in [0.2, 0.25) is 0 Å². The number of allylic oxidation sites excluding steroid dienone is 1. The van der Waals surface area contributed by atoms with E-state index in [1.165, 1.54) is 0 Å². The van der Waals surface area contributed by atoms with Crippen molar-refractivity contribution in [2.75, 3.05) is 6.26 Å². The number of phenols is 1. The van der Waals surface area contributed by atoms with Gasteiger partial charge in [0.1, 0.15) is 5.75 Å². The standard InChI is InChI=1S/C22H26O2S/c1-14(2)19-12-16(13-20(15(3)4)22(19)24)6-11-21(23)17-7-9-18(25-5)10-8-17/h6-15,24H,1-5H3. The molecule has 0 aliphatic rings. The molecule has 0 fully saturated rings. The second-order valence-corrected chi connectivity index (χ2v) is 7.66. The Labute approximate surface area is 155 Å². The van der Waals surface area contributed by atoms with E-state index in [1.54, 1.807) is 17.8 Å². The maximum Gasteiger partial charge on any atom is 0.185 e. The molecule has 0 unspecified atom stereocenters. The Morgan fingerprint density at radius 1 is 1.00 bits per heavy atom. The van der Waals surface area contributed by atoms with Crippen molar-refractivity contribution in [2.45, 2.75) is 44.4 Å². The summed E-state index contributed by atoms with van der Waals surface area (Å²) in [7, 11) is 0. The second kappa shape index (κ2) is 8.39. The minimum atomic E-state index is -0.0158. The molecule has 0 aliphatic heterocycles. The van der Waals surface area contributed by atoms with Gasteiger partial charge >= 0.3 is 0 Å². The van der Waals surface area contributed by atoms with Crippen LogP contribution in [0.5, 0.6) is 5.75 Å². The summed E-state index contributed by atoms with van der Waals surface area (Å²) in [6, 6.07) is 11.6. The average Bonchev–Trinajstić information content (AvgIpc) is 2.60. The third-order valence-electron chi connectivity index (χ3n) is 4.24. The third-order valence-corrected chi connectivity index (χ3v) is 4.98. The lowest BCUT2D eigenvalue weighted by Gasteiger charge is -2.16. The number of hydrogen-bond acceptors (Lipinski definition) is 3. The van der Waals surface area contributed by atoms with Gasteiger partial charge < -0.3 is 5.11 Å². The molecular formula is C22H26O2S. The number of hydrogen-bond donors (Lipinski definition) is 1. The molecule has 0 atom stereocenters. The zero-order chi connectivity index (χ0) is 18.6. The fourth-order valence-electron chi connectivity index (χ4n) is 2.70. The van der Waals surface area contributed by atoms with Crippen molar-refractivity contribution in [1.82, 2.24) is 0 Å². The predicted molar refractivity (Wildman–Crippen MR) is 108 cm³/mol. The first-order valence-corrected chi connectivity index (χ1v) is 9.79. The van der Waals surface area contributed by atoms with Gasteiger partial charge in [0, 0.05) is 10.5 Å². The van der Waals surface area contributed by atoms with Crippen LogP contribution in [0.4, 0.5) is 0 Å². The van der Waals surface area contributed by atoms with Crippen LogP contribution in [0.2, 0.25) is 0 Å². The van der Waals surface area contributed by atoms with Gasteiger partial charge in [0.05, 0.1) is 0 Å². The Hall–Kier alpha value is -2.00. The zero-order valence-corrected chi connectivity index (χ0v) is 16.4. The van der Waals surface area contributed by atoms with Gasteiger partial charge in [-0.1, -0.05) is 33.8 Å². The molecule has 0 spiro atoms. The molecule has 0 saturated heterocycles. The van der Waals surface area contributed by atoms with Gasteiger partial charge in [-0.15, -0.1) is 11.8 Å². The number of carbonyl (C=O) groups is 1. The van der Waals surface area contributed by atoms with E-state index >= 15 is 0 Å². The topological polar surface area (TPSA) is 37.3 Å². The van der Waals surface area contributed by atoms with Crippen LogP contribution in [-0.4, -0.2) is 17.1 Å². The van der Waals surface area contributed by atoms with Gasteiger partial charge in [-0.05, 0) is 77.3 Å². The number of carbonyl (C=O) groups excluding carboxylic acids is 1. The first-order valence-electron chi connectivity index (χ1n) is 8.56. The Balaban J connectivity index is 2.31. The lowest BCUT2D eigenvalue weighted by molar-refractivity contribution is 0.104. The molecule has 0 aliphatic carbocycles. The Morgan fingerprint density at radius 2 is 1.52 bits per heavy atom. The van der Waals surface area contributed by atoms with Crippen LogP contribution in [0.3, 0.4) is 0 Å². The highest BCUT2D eigenvalue weighted by Crippen LogP contribution is 2.35. The summed E-state index contributed by atoms with van der Waals surface area (Å²) in [5, 5.41) is 10.5. The van der Waals surface area contributed by atoms with Crippen LogP contribution in [0, 0.1) is 0 Å². The lowest BCUT2D eigenvalue weighted by atomic mass is 9.91. The molecule has 2 nitrogen and oxygen atoms in total. The molecule has 3 heteroatoms. The van der Waals surface area contributed by atoms with E-state index in [9.17, 15) is 9.90 Å². The molecule has 25 heavy (non-hydrogen) atoms. The van der Waals surface area contributed by atoms with E-state index in [4.69, 9.17) is 0 Å². The lowest BCUT2D eigenvalue weighted by Crippen LogP contribution is -1.97. The van der Waals surface area contributed by atoms with Crippen LogP contribution >= 0.6 is 11.8 Å². The molecule has 1 N–H and O–H groups in total. The number of rotatable bonds is 6. The smallest absolute Gasteiger partial charge is 0.185 e. The zero-order valence-electron chi connectivity index (χ0n) is 15.5. The maximum atomic E-state index is 12.4. The summed E-state index contributed by atoms with van der Waals surface area (Å²) in [6.45, 7) is 8.24. The molecule has 0 amide bonds. The highest BCUT2D eigenvalue weighted by atomic mass is 32.2. The van der Waals surface area contributed by atoms with Crippen molar-refractivity contribution < 1.29 is 9.90 Å². The average molecular weight is 355 g/mol. The Bertz CT molecular complexity index is 742. The van der Waals surface area contributed by atoms with Crippen LogP contribution in [-0.2, 0) is 0 Å². The summed E-state index contributed by atoms with van der Waals surface area (Å²) in [5.41, 5.74) is 3.46. The van der Waals surface area contributed by atoms with Crippen LogP contribution in [0.15, 0.2) is 47.4 Å². The molecule has 2 aromatic carbocycles. The quantitative estimate of drug-likeness (QED) is 0.378. The van der Waals surface area contributed by atoms with E-state index in [0.29, 0.717) is 11.3 Å². The van der Waals surface area contributed by atoms with Crippen molar-refractivity contribution in [1.29, 1.82) is 0 Å². The number of thioether (sulfide) groups is 1. The minimum absolute atomic E-state index is 0.0158. The highest BCUT2D eigenvalue weighted by Gasteiger charge is 2.14. The van der Waals surface area contributed by atoms with Crippen molar-refractivity contribution in [2.24, 2.45) is 0 Å². The number of phenolic OH excluding ortho intramolecular Hbond substituents is 1. The van der Waals surface area contributed by atoms with Gasteiger partial charge in [-0.2, -0.15) is 0 Å². The normalized spacial score (nSPS) is 11.6. The van der Waals surface area contributed by atoms with Gasteiger partial charge in [0.25, 0.3) is 0 Å². The molecule has 0 heterocycles. The molecule has 2 rings (SSSR count). The summed E-state index contributed by atoms with van der Waals surface area (Å²) in [4.78, 5) is 13.5. The first kappa shape index (κ1) is 19.3. The van der Waals surface area contributed by atoms with Crippen LogP contribution in [0.1, 0.15) is 66.6 Å². The van der Waals surface area contributed by atoms with Gasteiger partial charge in [0.15, 0.2) is 5.78 Å². The summed E-state index contributed by atoms with van der Waals surface area (Å²) in [5.74, 6) is 0.806. The molecule has 132 valence electrons. The molecule has 0 radical (unpaired) electrons. The van der Waals surface area contributed by atoms with E-state index in [0.717, 1.165) is 21.6 Å². The van der Waals surface area contributed by atoms with Crippen molar-refractivity contribution in [3.63, 3.8) is 0 Å². The first-order chi connectivity index (χ1) is 11.8. The monoisotopic (exact) mass is 354 g/mol. The largest absolute Gasteiger partial charge is 0.507 e. The predicted octanol–water partition coefficient (Wildman–Crippen LogP) is 6.26. The molecule has 0 saturated carbocycles. The van der Waals surface area contributed by atoms with E-state index in [1.807, 2.05) is 48.7 Å². The van der Waals surface area contributed by atoms with Gasteiger partial charge in [-0.3, -0.25) is 4.79 Å². The van der Waals surface area contributed by atoms with Crippen molar-refractivity contribution in [3.8, 4) is 5.75 Å². The summed E-state index contributed by atoms with van der Waals surface area (Å²) < 4.78 is 0. The van der Waals surface area contributed by atoms with Crippen LogP contribution in [0.25, 0.3) is 6.08 Å². The Kier molecular flexibility index (Phi) is 6.49. The Morgan fingerprint density at radius 3 is 1.96 bits per heavy atom. The molecule has 0 bridgehead atoms. The summed E-state index contributed by atoms with van der Waals surface area (Å²) >= 11 is 1.66. The number of aromatic hydroxyl groups is 1. The molecular weight excluding hydrogens is 328 g/mol. The van der Waals surface area contributed by atoms with E-state index in [-0.39, 0.29) is 17.6 Å². The number of ketones is 1. The minimum Gasteiger partial charge on any atom is -0.507 e. The van der Waals surface area contributed by atoms with E-state index in [2.05, 4.69) is 27.7 Å². The van der Waals surface area contributed by atoms with Crippen molar-refractivity contribution in [3.05, 3.63) is 64.7 Å². The fourth-order valence-corrected chi connectivity index (χ4v) is 3.11. The van der Waals surface area contributed by atoms with Crippen molar-refractivity contribution >= 4 is 23.6 Å². The third kappa shape index (κ3) is 4.76. The summed E-state index contributed by atoms with van der Waals surface area (Å²) in [6.07, 6.45) is 5.46. The maximum absolute atomic E-state index is 12.4. The van der Waals surface area contributed by atoms with E-state index < -0.39 is 0 Å². The SMILES string of the molecule is CSc1ccc(C(=O)C=Cc2cc(C(C)C)c(O)c(C(C)C)c2)cc1. The molecule has 0 aromatic heterocycles. The second-order valence-electron chi connectivity index (χ2n) is 6.78. The highest BCUT2D eigenvalue weighted by molar-refractivity contribution is 7.98. The fraction of sp³-hybridized carbons (Fsp3) is 0.318. The molecule has 2 aromatic rings.